The summed E-state index contributed by atoms with van der Waals surface area (Å²) in [6.07, 6.45) is 4.92. The maximum absolute atomic E-state index is 12.5. The Morgan fingerprint density at radius 2 is 2.10 bits per heavy atom. The van der Waals surface area contributed by atoms with Gasteiger partial charge in [-0.2, -0.15) is 0 Å². The molecule has 1 aromatic rings. The molecule has 2 rings (SSSR count). The number of carbonyl (C=O) groups is 1. The number of aliphatic hydroxyl groups excluding tert-OH is 1. The molecule has 2 N–H and O–H groups in total. The monoisotopic (exact) mass is 285 g/mol. The summed E-state index contributed by atoms with van der Waals surface area (Å²) >= 11 is 0. The molecule has 0 heterocycles. The molecule has 21 heavy (non-hydrogen) atoms. The van der Waals surface area contributed by atoms with Crippen LogP contribution in [0.1, 0.15) is 60.5 Å². The van der Waals surface area contributed by atoms with Crippen LogP contribution in [-0.2, 0) is 0 Å². The highest BCUT2D eigenvalue weighted by atomic mass is 16.2. The zero-order chi connectivity index (χ0) is 15.3. The second kappa shape index (κ2) is 6.78. The molecule has 0 bridgehead atoms. The van der Waals surface area contributed by atoms with Crippen LogP contribution in [0.25, 0.3) is 0 Å². The minimum absolute atomic E-state index is 0.0114. The fraction of sp³-hybridized carbons (Fsp3) is 0.500. The van der Waals surface area contributed by atoms with Crippen LogP contribution >= 0.6 is 0 Å². The summed E-state index contributed by atoms with van der Waals surface area (Å²) in [5, 5.41) is 11.9. The van der Waals surface area contributed by atoms with Gasteiger partial charge in [0, 0.05) is 23.1 Å². The number of aliphatic hydroxyl groups is 1. The van der Waals surface area contributed by atoms with Crippen molar-refractivity contribution in [2.75, 3.05) is 6.61 Å². The molecule has 1 aromatic carbocycles. The Balaban J connectivity index is 2.16. The Morgan fingerprint density at radius 1 is 1.38 bits per heavy atom. The number of benzene rings is 1. The highest BCUT2D eigenvalue weighted by molar-refractivity contribution is 5.96. The number of aryl methyl sites for hydroxylation is 1. The Kier molecular flexibility index (Phi) is 5.03. The van der Waals surface area contributed by atoms with Crippen molar-refractivity contribution in [3.63, 3.8) is 0 Å². The predicted molar refractivity (Wildman–Crippen MR) is 84.1 cm³/mol. The third-order valence-corrected chi connectivity index (χ3v) is 4.07. The van der Waals surface area contributed by atoms with E-state index < -0.39 is 0 Å². The molecule has 0 aliphatic heterocycles. The van der Waals surface area contributed by atoms with Crippen LogP contribution in [0.3, 0.4) is 0 Å². The Labute approximate surface area is 126 Å². The van der Waals surface area contributed by atoms with Crippen molar-refractivity contribution in [1.29, 1.82) is 0 Å². The molecular weight excluding hydrogens is 262 g/mol. The van der Waals surface area contributed by atoms with Crippen molar-refractivity contribution in [1.82, 2.24) is 5.32 Å². The van der Waals surface area contributed by atoms with Crippen molar-refractivity contribution in [3.8, 4) is 11.8 Å². The molecule has 0 aromatic heterocycles. The number of carbonyl (C=O) groups excluding carboxylic acids is 1. The minimum Gasteiger partial charge on any atom is -0.395 e. The van der Waals surface area contributed by atoms with Gasteiger partial charge in [0.2, 0.25) is 0 Å². The molecule has 1 aliphatic rings. The van der Waals surface area contributed by atoms with Gasteiger partial charge in [-0.05, 0) is 44.4 Å². The molecular formula is C18H23NO2. The van der Waals surface area contributed by atoms with E-state index in [4.69, 9.17) is 5.11 Å². The van der Waals surface area contributed by atoms with Gasteiger partial charge in [0.05, 0.1) is 6.61 Å². The molecule has 1 aliphatic carbocycles. The topological polar surface area (TPSA) is 49.3 Å². The molecule has 0 spiro atoms. The lowest BCUT2D eigenvalue weighted by atomic mass is 9.98. The Morgan fingerprint density at radius 3 is 2.76 bits per heavy atom. The van der Waals surface area contributed by atoms with Gasteiger partial charge in [-0.15, -0.1) is 0 Å². The van der Waals surface area contributed by atoms with Crippen LogP contribution in [-0.4, -0.2) is 23.2 Å². The SMILES string of the molecule is Cc1ccc(C#CCCO)cc1C(=O)NC1(C)CCCC1. The summed E-state index contributed by atoms with van der Waals surface area (Å²) in [6, 6.07) is 5.68. The quantitative estimate of drug-likeness (QED) is 0.839. The van der Waals surface area contributed by atoms with Gasteiger partial charge >= 0.3 is 0 Å². The Hall–Kier alpha value is -1.79. The van der Waals surface area contributed by atoms with E-state index in [-0.39, 0.29) is 18.1 Å². The summed E-state index contributed by atoms with van der Waals surface area (Å²) in [5.74, 6) is 5.86. The minimum atomic E-state index is -0.0674. The molecule has 1 amide bonds. The van der Waals surface area contributed by atoms with Crippen LogP contribution in [0.5, 0.6) is 0 Å². The zero-order valence-corrected chi connectivity index (χ0v) is 12.8. The van der Waals surface area contributed by atoms with E-state index in [1.54, 1.807) is 0 Å². The largest absolute Gasteiger partial charge is 0.395 e. The van der Waals surface area contributed by atoms with Crippen LogP contribution in [0.2, 0.25) is 0 Å². The number of hydrogen-bond acceptors (Lipinski definition) is 2. The average molecular weight is 285 g/mol. The molecule has 0 atom stereocenters. The molecule has 1 fully saturated rings. The van der Waals surface area contributed by atoms with E-state index in [1.165, 1.54) is 12.8 Å². The van der Waals surface area contributed by atoms with E-state index in [2.05, 4.69) is 24.1 Å². The molecule has 0 radical (unpaired) electrons. The first kappa shape index (κ1) is 15.6. The fourth-order valence-electron chi connectivity index (χ4n) is 2.79. The van der Waals surface area contributed by atoms with Crippen LogP contribution in [0.4, 0.5) is 0 Å². The second-order valence-corrected chi connectivity index (χ2v) is 6.03. The van der Waals surface area contributed by atoms with Gasteiger partial charge in [-0.25, -0.2) is 0 Å². The first-order chi connectivity index (χ1) is 10.0. The van der Waals surface area contributed by atoms with Gasteiger partial charge < -0.3 is 10.4 Å². The van der Waals surface area contributed by atoms with Gasteiger partial charge in [0.25, 0.3) is 5.91 Å². The summed E-state index contributed by atoms with van der Waals surface area (Å²) < 4.78 is 0. The van der Waals surface area contributed by atoms with Crippen LogP contribution in [0, 0.1) is 18.8 Å². The summed E-state index contributed by atoms with van der Waals surface area (Å²) in [7, 11) is 0. The number of rotatable bonds is 3. The van der Waals surface area contributed by atoms with Crippen molar-refractivity contribution in [2.24, 2.45) is 0 Å². The van der Waals surface area contributed by atoms with Crippen LogP contribution < -0.4 is 5.32 Å². The first-order valence-electron chi connectivity index (χ1n) is 7.57. The fourth-order valence-corrected chi connectivity index (χ4v) is 2.79. The normalized spacial score (nSPS) is 16.1. The van der Waals surface area contributed by atoms with Gasteiger partial charge in [0.1, 0.15) is 0 Å². The van der Waals surface area contributed by atoms with E-state index in [0.29, 0.717) is 12.0 Å². The first-order valence-corrected chi connectivity index (χ1v) is 7.57. The van der Waals surface area contributed by atoms with Gasteiger partial charge in [0.15, 0.2) is 0 Å². The highest BCUT2D eigenvalue weighted by Crippen LogP contribution is 2.29. The average Bonchev–Trinajstić information content (AvgIpc) is 2.87. The molecule has 3 nitrogen and oxygen atoms in total. The van der Waals surface area contributed by atoms with E-state index in [0.717, 1.165) is 24.0 Å². The lowest BCUT2D eigenvalue weighted by Crippen LogP contribution is -2.43. The number of hydrogen-bond donors (Lipinski definition) is 2. The van der Waals surface area contributed by atoms with Crippen molar-refractivity contribution < 1.29 is 9.90 Å². The molecule has 0 saturated heterocycles. The van der Waals surface area contributed by atoms with Crippen LogP contribution in [0.15, 0.2) is 18.2 Å². The maximum atomic E-state index is 12.5. The van der Waals surface area contributed by atoms with Crippen molar-refractivity contribution in [2.45, 2.75) is 51.5 Å². The standard InChI is InChI=1S/C18H23NO2/c1-14-8-9-15(7-3-6-12-20)13-16(14)17(21)19-18(2)10-4-5-11-18/h8-9,13,20H,4-6,10-12H2,1-2H3,(H,19,21). The Bertz CT molecular complexity index is 575. The van der Waals surface area contributed by atoms with Gasteiger partial charge in [-0.3, -0.25) is 4.79 Å². The summed E-state index contributed by atoms with van der Waals surface area (Å²) in [5.41, 5.74) is 2.40. The molecule has 1 saturated carbocycles. The molecule has 0 unspecified atom stereocenters. The third kappa shape index (κ3) is 4.09. The smallest absolute Gasteiger partial charge is 0.252 e. The number of amides is 1. The van der Waals surface area contributed by atoms with E-state index >= 15 is 0 Å². The number of nitrogens with one attached hydrogen (secondary N) is 1. The third-order valence-electron chi connectivity index (χ3n) is 4.07. The lowest BCUT2D eigenvalue weighted by Gasteiger charge is -2.25. The lowest BCUT2D eigenvalue weighted by molar-refractivity contribution is 0.0907. The van der Waals surface area contributed by atoms with Crippen molar-refractivity contribution >= 4 is 5.91 Å². The van der Waals surface area contributed by atoms with E-state index in [1.807, 2.05) is 25.1 Å². The predicted octanol–water partition coefficient (Wildman–Crippen LogP) is 2.79. The summed E-state index contributed by atoms with van der Waals surface area (Å²) in [6.45, 7) is 4.12. The summed E-state index contributed by atoms with van der Waals surface area (Å²) in [4.78, 5) is 12.5. The highest BCUT2D eigenvalue weighted by Gasteiger charge is 2.30. The zero-order valence-electron chi connectivity index (χ0n) is 12.8. The second-order valence-electron chi connectivity index (χ2n) is 6.03. The molecule has 3 heteroatoms. The molecule has 112 valence electrons. The van der Waals surface area contributed by atoms with E-state index in [9.17, 15) is 4.79 Å². The van der Waals surface area contributed by atoms with Crippen molar-refractivity contribution in [3.05, 3.63) is 34.9 Å². The van der Waals surface area contributed by atoms with Gasteiger partial charge in [-0.1, -0.05) is 30.7 Å². The maximum Gasteiger partial charge on any atom is 0.252 e.